The zero-order valence-electron chi connectivity index (χ0n) is 23.8. The number of nitrogens with two attached hydrogens (primary N) is 1. The van der Waals surface area contributed by atoms with Gasteiger partial charge in [-0.2, -0.15) is 0 Å². The van der Waals surface area contributed by atoms with Gasteiger partial charge in [-0.15, -0.1) is 0 Å². The Bertz CT molecular complexity index is 971. The third-order valence-electron chi connectivity index (χ3n) is 6.70. The van der Waals surface area contributed by atoms with E-state index in [4.69, 9.17) is 10.5 Å². The highest BCUT2D eigenvalue weighted by atomic mass is 16.6. The summed E-state index contributed by atoms with van der Waals surface area (Å²) in [5.41, 5.74) is 4.85. The van der Waals surface area contributed by atoms with Gasteiger partial charge in [0.05, 0.1) is 0 Å². The number of carbonyl (C=O) groups is 4. The first-order valence-corrected chi connectivity index (χ1v) is 14.1. The zero-order chi connectivity index (χ0) is 29.0. The Kier molecular flexibility index (Phi) is 12.5. The molecule has 2 unspecified atom stereocenters. The molecule has 0 radical (unpaired) electrons. The summed E-state index contributed by atoms with van der Waals surface area (Å²) in [6.45, 7) is 7.35. The predicted octanol–water partition coefficient (Wildman–Crippen LogP) is 4.06. The second-order valence-electron chi connectivity index (χ2n) is 11.2. The molecule has 10 heteroatoms. The molecule has 5 N–H and O–H groups in total. The van der Waals surface area contributed by atoms with E-state index in [9.17, 15) is 24.3 Å². The molecule has 2 rings (SSSR count). The summed E-state index contributed by atoms with van der Waals surface area (Å²) in [5, 5.41) is 16.4. The van der Waals surface area contributed by atoms with Crippen molar-refractivity contribution in [2.75, 3.05) is 6.54 Å². The number of nitrogens with zero attached hydrogens (tertiary/aromatic N) is 1. The molecule has 4 amide bonds. The minimum Gasteiger partial charge on any atom is -0.508 e. The van der Waals surface area contributed by atoms with Crippen LogP contribution in [0, 0.1) is 0 Å². The van der Waals surface area contributed by atoms with Gasteiger partial charge in [-0.05, 0) is 52.5 Å². The van der Waals surface area contributed by atoms with Crippen LogP contribution in [0.2, 0.25) is 0 Å². The smallest absolute Gasteiger partial charge is 0.408 e. The number of primary amides is 1. The second kappa shape index (κ2) is 15.3. The first kappa shape index (κ1) is 31.9. The Hall–Kier alpha value is -3.30. The molecule has 0 aliphatic heterocycles. The molecule has 1 aliphatic carbocycles. The molecule has 218 valence electrons. The Morgan fingerprint density at radius 2 is 1.77 bits per heavy atom. The van der Waals surface area contributed by atoms with Gasteiger partial charge in [0.15, 0.2) is 0 Å². The molecular weight excluding hydrogens is 500 g/mol. The standard InChI is InChI=1S/C29H46N4O6/c1-5-6-12-19-33(27(37)22(17-18-24(30)35)32-28(38)39-29(2,3)4)25(21-15-10-11-16-23(21)34)26(36)31-20-13-8-7-9-14-20/h10-11,15-16,20,22,25,34H,5-9,12-14,17-19H2,1-4H3,(H2,30,35)(H,31,36)(H,32,38). The molecular formula is C29H46N4O6. The van der Waals surface area contributed by atoms with Crippen molar-refractivity contribution in [1.82, 2.24) is 15.5 Å². The minimum absolute atomic E-state index is 0.0160. The van der Waals surface area contributed by atoms with Crippen LogP contribution < -0.4 is 16.4 Å². The van der Waals surface area contributed by atoms with Crippen molar-refractivity contribution < 1.29 is 29.0 Å². The number of hydrogen-bond donors (Lipinski definition) is 4. The predicted molar refractivity (Wildman–Crippen MR) is 149 cm³/mol. The van der Waals surface area contributed by atoms with Crippen LogP contribution in [-0.2, 0) is 19.1 Å². The molecule has 1 fully saturated rings. The average molecular weight is 547 g/mol. The van der Waals surface area contributed by atoms with Crippen LogP contribution in [-0.4, -0.2) is 58.1 Å². The number of hydrogen-bond acceptors (Lipinski definition) is 6. The van der Waals surface area contributed by atoms with Crippen LogP contribution in [0.3, 0.4) is 0 Å². The summed E-state index contributed by atoms with van der Waals surface area (Å²) in [6, 6.07) is 4.15. The van der Waals surface area contributed by atoms with Gasteiger partial charge in [-0.3, -0.25) is 14.4 Å². The molecule has 10 nitrogen and oxygen atoms in total. The Morgan fingerprint density at radius 3 is 2.36 bits per heavy atom. The van der Waals surface area contributed by atoms with Crippen molar-refractivity contribution in [3.63, 3.8) is 0 Å². The lowest BCUT2D eigenvalue weighted by molar-refractivity contribution is -0.143. The van der Waals surface area contributed by atoms with Crippen molar-refractivity contribution in [2.45, 2.75) is 116 Å². The van der Waals surface area contributed by atoms with Crippen molar-refractivity contribution in [3.8, 4) is 5.75 Å². The summed E-state index contributed by atoms with van der Waals surface area (Å²) >= 11 is 0. The van der Waals surface area contributed by atoms with Crippen LogP contribution in [0.25, 0.3) is 0 Å². The number of amides is 4. The number of phenols is 1. The third-order valence-corrected chi connectivity index (χ3v) is 6.70. The quantitative estimate of drug-likeness (QED) is 0.274. The second-order valence-corrected chi connectivity index (χ2v) is 11.2. The number of alkyl carbamates (subject to hydrolysis) is 1. The monoisotopic (exact) mass is 546 g/mol. The van der Waals surface area contributed by atoms with Crippen molar-refractivity contribution in [1.29, 1.82) is 0 Å². The van der Waals surface area contributed by atoms with Crippen LogP contribution in [0.1, 0.15) is 104 Å². The van der Waals surface area contributed by atoms with Crippen LogP contribution in [0.15, 0.2) is 24.3 Å². The van der Waals surface area contributed by atoms with Crippen molar-refractivity contribution in [3.05, 3.63) is 29.8 Å². The fraction of sp³-hybridized carbons (Fsp3) is 0.655. The van der Waals surface area contributed by atoms with E-state index in [0.29, 0.717) is 12.0 Å². The molecule has 39 heavy (non-hydrogen) atoms. The van der Waals surface area contributed by atoms with E-state index in [1.54, 1.807) is 39.0 Å². The summed E-state index contributed by atoms with van der Waals surface area (Å²) in [6.07, 6.45) is 6.14. The Balaban J connectivity index is 2.48. The largest absolute Gasteiger partial charge is 0.508 e. The van der Waals surface area contributed by atoms with Gasteiger partial charge in [-0.1, -0.05) is 57.2 Å². The van der Waals surface area contributed by atoms with Crippen LogP contribution in [0.4, 0.5) is 4.79 Å². The maximum atomic E-state index is 14.1. The maximum absolute atomic E-state index is 14.1. The van der Waals surface area contributed by atoms with E-state index >= 15 is 0 Å². The highest BCUT2D eigenvalue weighted by Gasteiger charge is 2.38. The third kappa shape index (κ3) is 10.8. The highest BCUT2D eigenvalue weighted by molar-refractivity contribution is 5.93. The van der Waals surface area contributed by atoms with Crippen molar-refractivity contribution >= 4 is 23.8 Å². The average Bonchev–Trinajstić information content (AvgIpc) is 2.86. The highest BCUT2D eigenvalue weighted by Crippen LogP contribution is 2.31. The molecule has 0 bridgehead atoms. The number of carbonyl (C=O) groups excluding carboxylic acids is 4. The van der Waals surface area contributed by atoms with Gasteiger partial charge in [0, 0.05) is 24.6 Å². The number of ether oxygens (including phenoxy) is 1. The van der Waals surface area contributed by atoms with E-state index in [0.717, 1.165) is 44.9 Å². The van der Waals surface area contributed by atoms with Gasteiger partial charge in [-0.25, -0.2) is 4.79 Å². The lowest BCUT2D eigenvalue weighted by atomic mass is 9.94. The topological polar surface area (TPSA) is 151 Å². The van der Waals surface area contributed by atoms with E-state index in [1.165, 1.54) is 11.0 Å². The summed E-state index contributed by atoms with van der Waals surface area (Å²) in [4.78, 5) is 53.6. The van der Waals surface area contributed by atoms with E-state index in [-0.39, 0.29) is 37.1 Å². The Labute approximate surface area is 232 Å². The van der Waals surface area contributed by atoms with Gasteiger partial charge < -0.3 is 31.1 Å². The summed E-state index contributed by atoms with van der Waals surface area (Å²) in [7, 11) is 0. The van der Waals surface area contributed by atoms with E-state index in [2.05, 4.69) is 10.6 Å². The summed E-state index contributed by atoms with van der Waals surface area (Å²) < 4.78 is 5.36. The number of phenolic OH excluding ortho intramolecular Hbond substituents is 1. The SMILES string of the molecule is CCCCCN(C(=O)C(CCC(N)=O)NC(=O)OC(C)(C)C)C(C(=O)NC1CCCCC1)c1ccccc1O. The first-order chi connectivity index (χ1) is 18.4. The lowest BCUT2D eigenvalue weighted by Crippen LogP contribution is -2.54. The molecule has 1 aliphatic rings. The Morgan fingerprint density at radius 1 is 1.10 bits per heavy atom. The zero-order valence-corrected chi connectivity index (χ0v) is 23.8. The number of para-hydroxylation sites is 1. The normalized spacial score (nSPS) is 15.6. The molecule has 1 saturated carbocycles. The minimum atomic E-state index is -1.16. The van der Waals surface area contributed by atoms with E-state index < -0.39 is 35.6 Å². The number of benzene rings is 1. The fourth-order valence-corrected chi connectivity index (χ4v) is 4.79. The number of nitrogens with one attached hydrogen (secondary N) is 2. The van der Waals surface area contributed by atoms with Crippen molar-refractivity contribution in [2.24, 2.45) is 5.73 Å². The lowest BCUT2D eigenvalue weighted by Gasteiger charge is -2.36. The van der Waals surface area contributed by atoms with Crippen LogP contribution >= 0.6 is 0 Å². The fourth-order valence-electron chi connectivity index (χ4n) is 4.79. The van der Waals surface area contributed by atoms with E-state index in [1.807, 2.05) is 6.92 Å². The number of unbranched alkanes of at least 4 members (excludes halogenated alkanes) is 2. The molecule has 1 aromatic rings. The molecule has 2 atom stereocenters. The summed E-state index contributed by atoms with van der Waals surface area (Å²) in [5.74, 6) is -1.67. The van der Waals surface area contributed by atoms with Gasteiger partial charge >= 0.3 is 6.09 Å². The molecule has 0 aromatic heterocycles. The maximum Gasteiger partial charge on any atom is 0.408 e. The van der Waals surface area contributed by atoms with Gasteiger partial charge in [0.1, 0.15) is 23.4 Å². The number of rotatable bonds is 13. The van der Waals surface area contributed by atoms with Gasteiger partial charge in [0.2, 0.25) is 17.7 Å². The molecule has 0 saturated heterocycles. The molecule has 0 heterocycles. The number of aromatic hydroxyl groups is 1. The van der Waals surface area contributed by atoms with Gasteiger partial charge in [0.25, 0.3) is 0 Å². The first-order valence-electron chi connectivity index (χ1n) is 14.1. The molecule has 1 aromatic carbocycles. The van der Waals surface area contributed by atoms with Crippen LogP contribution in [0.5, 0.6) is 5.75 Å². The molecule has 0 spiro atoms.